The predicted octanol–water partition coefficient (Wildman–Crippen LogP) is 3.15. The molecule has 25 heavy (non-hydrogen) atoms. The number of hydrogen-bond donors (Lipinski definition) is 1. The van der Waals surface area contributed by atoms with Crippen LogP contribution in [0.1, 0.15) is 32.0 Å². The van der Waals surface area contributed by atoms with Crippen LogP contribution in [-0.4, -0.2) is 35.4 Å². The number of esters is 1. The Bertz CT molecular complexity index is 957. The molecule has 0 spiro atoms. The van der Waals surface area contributed by atoms with Crippen molar-refractivity contribution in [3.05, 3.63) is 70.9 Å². The number of fused-ring (bicyclic) bond motifs is 3. The first-order chi connectivity index (χ1) is 12.2. The molecular weight excluding hydrogens is 316 g/mol. The standard InChI is InChI=1S/C20H18N2O3/c1-25-20(24)14-8-6-13(7-9-14)19(23)22-11-10-18-16(12-22)15-4-2-3-5-17(15)21-18/h2-9,21H,10-12H2,1H3. The summed E-state index contributed by atoms with van der Waals surface area (Å²) in [6.45, 7) is 1.27. The molecule has 1 aliphatic rings. The number of benzene rings is 2. The molecule has 2 heterocycles. The number of aromatic amines is 1. The van der Waals surface area contributed by atoms with Gasteiger partial charge < -0.3 is 14.6 Å². The van der Waals surface area contributed by atoms with Gasteiger partial charge in [0, 0.05) is 47.2 Å². The summed E-state index contributed by atoms with van der Waals surface area (Å²) < 4.78 is 4.69. The summed E-state index contributed by atoms with van der Waals surface area (Å²) in [7, 11) is 1.34. The molecule has 0 atom stereocenters. The van der Waals surface area contributed by atoms with Crippen LogP contribution < -0.4 is 0 Å². The summed E-state index contributed by atoms with van der Waals surface area (Å²) in [5.74, 6) is -0.423. The molecule has 1 aliphatic heterocycles. The van der Waals surface area contributed by atoms with Crippen LogP contribution in [0.25, 0.3) is 10.9 Å². The second kappa shape index (κ2) is 6.09. The monoisotopic (exact) mass is 334 g/mol. The van der Waals surface area contributed by atoms with Crippen molar-refractivity contribution in [3.63, 3.8) is 0 Å². The van der Waals surface area contributed by atoms with Gasteiger partial charge in [-0.25, -0.2) is 4.79 Å². The Morgan fingerprint density at radius 1 is 1.04 bits per heavy atom. The topological polar surface area (TPSA) is 62.4 Å². The summed E-state index contributed by atoms with van der Waals surface area (Å²) in [6.07, 6.45) is 0.815. The number of carbonyl (C=O) groups excluding carboxylic acids is 2. The minimum absolute atomic E-state index is 0.0210. The molecule has 5 nitrogen and oxygen atoms in total. The molecular formula is C20H18N2O3. The van der Waals surface area contributed by atoms with Gasteiger partial charge in [-0.15, -0.1) is 0 Å². The van der Waals surface area contributed by atoms with Crippen LogP contribution >= 0.6 is 0 Å². The highest BCUT2D eigenvalue weighted by Crippen LogP contribution is 2.28. The van der Waals surface area contributed by atoms with Gasteiger partial charge in [0.05, 0.1) is 12.7 Å². The predicted molar refractivity (Wildman–Crippen MR) is 94.5 cm³/mol. The van der Waals surface area contributed by atoms with Gasteiger partial charge in [0.15, 0.2) is 0 Å². The van der Waals surface area contributed by atoms with Gasteiger partial charge in [0.1, 0.15) is 0 Å². The van der Waals surface area contributed by atoms with E-state index < -0.39 is 5.97 Å². The summed E-state index contributed by atoms with van der Waals surface area (Å²) in [4.78, 5) is 29.6. The normalized spacial score (nSPS) is 13.6. The number of amides is 1. The Balaban J connectivity index is 1.58. The second-order valence-corrected chi connectivity index (χ2v) is 6.17. The minimum Gasteiger partial charge on any atom is -0.465 e. The number of carbonyl (C=O) groups is 2. The fraction of sp³-hybridized carbons (Fsp3) is 0.200. The van der Waals surface area contributed by atoms with Crippen LogP contribution in [0.5, 0.6) is 0 Å². The molecule has 1 aromatic heterocycles. The van der Waals surface area contributed by atoms with Crippen molar-refractivity contribution in [2.24, 2.45) is 0 Å². The lowest BCUT2D eigenvalue weighted by atomic mass is 10.0. The third-order valence-corrected chi connectivity index (χ3v) is 4.72. The van der Waals surface area contributed by atoms with Crippen LogP contribution in [-0.2, 0) is 17.7 Å². The van der Waals surface area contributed by atoms with E-state index in [1.165, 1.54) is 23.8 Å². The number of para-hydroxylation sites is 1. The van der Waals surface area contributed by atoms with Crippen molar-refractivity contribution in [2.45, 2.75) is 13.0 Å². The summed E-state index contributed by atoms with van der Waals surface area (Å²) in [5.41, 5.74) is 4.55. The van der Waals surface area contributed by atoms with E-state index in [4.69, 9.17) is 0 Å². The maximum atomic E-state index is 12.8. The molecule has 1 N–H and O–H groups in total. The Labute approximate surface area is 145 Å². The minimum atomic E-state index is -0.402. The number of nitrogens with one attached hydrogen (secondary N) is 1. The third kappa shape index (κ3) is 2.67. The molecule has 0 saturated carbocycles. The van der Waals surface area contributed by atoms with E-state index in [-0.39, 0.29) is 5.91 Å². The van der Waals surface area contributed by atoms with E-state index >= 15 is 0 Å². The van der Waals surface area contributed by atoms with Crippen molar-refractivity contribution in [3.8, 4) is 0 Å². The van der Waals surface area contributed by atoms with Gasteiger partial charge in [-0.05, 0) is 30.3 Å². The number of H-pyrrole nitrogens is 1. The van der Waals surface area contributed by atoms with Crippen LogP contribution in [0.15, 0.2) is 48.5 Å². The fourth-order valence-corrected chi connectivity index (χ4v) is 3.39. The van der Waals surface area contributed by atoms with E-state index in [9.17, 15) is 9.59 Å². The van der Waals surface area contributed by atoms with Crippen LogP contribution in [0, 0.1) is 0 Å². The number of hydrogen-bond acceptors (Lipinski definition) is 3. The number of ether oxygens (including phenoxy) is 1. The van der Waals surface area contributed by atoms with Gasteiger partial charge in [-0.2, -0.15) is 0 Å². The first-order valence-corrected chi connectivity index (χ1v) is 8.23. The van der Waals surface area contributed by atoms with Crippen molar-refractivity contribution in [1.29, 1.82) is 0 Å². The Hall–Kier alpha value is -3.08. The second-order valence-electron chi connectivity index (χ2n) is 6.17. The smallest absolute Gasteiger partial charge is 0.337 e. The van der Waals surface area contributed by atoms with Crippen molar-refractivity contribution in [2.75, 3.05) is 13.7 Å². The van der Waals surface area contributed by atoms with Crippen molar-refractivity contribution < 1.29 is 14.3 Å². The van der Waals surface area contributed by atoms with Gasteiger partial charge in [-0.1, -0.05) is 18.2 Å². The Morgan fingerprint density at radius 3 is 2.52 bits per heavy atom. The van der Waals surface area contributed by atoms with E-state index in [1.807, 2.05) is 17.0 Å². The van der Waals surface area contributed by atoms with Crippen LogP contribution in [0.4, 0.5) is 0 Å². The average molecular weight is 334 g/mol. The number of aromatic nitrogens is 1. The lowest BCUT2D eigenvalue weighted by Gasteiger charge is -2.27. The molecule has 2 aromatic carbocycles. The zero-order valence-corrected chi connectivity index (χ0v) is 13.9. The number of nitrogens with zero attached hydrogens (tertiary/aromatic N) is 1. The molecule has 0 radical (unpaired) electrons. The molecule has 0 fully saturated rings. The van der Waals surface area contributed by atoms with Gasteiger partial charge >= 0.3 is 5.97 Å². The Kier molecular flexibility index (Phi) is 3.76. The van der Waals surface area contributed by atoms with Gasteiger partial charge in [-0.3, -0.25) is 4.79 Å². The molecule has 1 amide bonds. The van der Waals surface area contributed by atoms with E-state index in [0.717, 1.165) is 11.9 Å². The summed E-state index contributed by atoms with van der Waals surface area (Å²) >= 11 is 0. The van der Waals surface area contributed by atoms with Crippen molar-refractivity contribution >= 4 is 22.8 Å². The largest absolute Gasteiger partial charge is 0.465 e. The molecule has 5 heteroatoms. The van der Waals surface area contributed by atoms with Crippen molar-refractivity contribution in [1.82, 2.24) is 9.88 Å². The average Bonchev–Trinajstić information content (AvgIpc) is 3.04. The first-order valence-electron chi connectivity index (χ1n) is 8.23. The zero-order chi connectivity index (χ0) is 17.4. The number of rotatable bonds is 2. The van der Waals surface area contributed by atoms with Crippen LogP contribution in [0.3, 0.4) is 0 Å². The zero-order valence-electron chi connectivity index (χ0n) is 13.9. The molecule has 0 bridgehead atoms. The molecule has 3 aromatic rings. The maximum Gasteiger partial charge on any atom is 0.337 e. The van der Waals surface area contributed by atoms with E-state index in [2.05, 4.69) is 21.9 Å². The summed E-state index contributed by atoms with van der Waals surface area (Å²) in [5, 5.41) is 1.18. The maximum absolute atomic E-state index is 12.8. The number of methoxy groups -OCH3 is 1. The first kappa shape index (κ1) is 15.4. The highest BCUT2D eigenvalue weighted by atomic mass is 16.5. The van der Waals surface area contributed by atoms with Gasteiger partial charge in [0.2, 0.25) is 0 Å². The fourth-order valence-electron chi connectivity index (χ4n) is 3.39. The quantitative estimate of drug-likeness (QED) is 0.732. The molecule has 0 saturated heterocycles. The SMILES string of the molecule is COC(=O)c1ccc(C(=O)N2CCc3[nH]c4ccccc4c3C2)cc1. The summed E-state index contributed by atoms with van der Waals surface area (Å²) in [6, 6.07) is 14.8. The third-order valence-electron chi connectivity index (χ3n) is 4.72. The lowest BCUT2D eigenvalue weighted by molar-refractivity contribution is 0.0599. The lowest BCUT2D eigenvalue weighted by Crippen LogP contribution is -2.35. The molecule has 4 rings (SSSR count). The molecule has 126 valence electrons. The molecule has 0 aliphatic carbocycles. The Morgan fingerprint density at radius 2 is 1.76 bits per heavy atom. The van der Waals surface area contributed by atoms with E-state index in [1.54, 1.807) is 24.3 Å². The van der Waals surface area contributed by atoms with E-state index in [0.29, 0.717) is 24.2 Å². The van der Waals surface area contributed by atoms with Gasteiger partial charge in [0.25, 0.3) is 5.91 Å². The van der Waals surface area contributed by atoms with Crippen LogP contribution in [0.2, 0.25) is 0 Å². The highest BCUT2D eigenvalue weighted by molar-refractivity contribution is 5.96. The molecule has 0 unspecified atom stereocenters. The highest BCUT2D eigenvalue weighted by Gasteiger charge is 2.24.